The molecule has 0 spiro atoms. The molecule has 2 N–H and O–H groups in total. The standard InChI is InChI=1S/C20H18FN5O3/c21-14-6-4-13(5-7-14)19-24-18(29-25-19)9-8-17(27)23-15-2-1-3-16(12-15)26-11-10-22-20(26)28/h1-7,12H,8-11H2,(H,22,28)(H,23,27). The highest BCUT2D eigenvalue weighted by molar-refractivity contribution is 5.96. The third kappa shape index (κ3) is 4.40. The third-order valence-electron chi connectivity index (χ3n) is 4.43. The van der Waals surface area contributed by atoms with Gasteiger partial charge >= 0.3 is 6.03 Å². The maximum absolute atomic E-state index is 13.0. The van der Waals surface area contributed by atoms with Gasteiger partial charge in [-0.2, -0.15) is 4.98 Å². The molecule has 8 nitrogen and oxygen atoms in total. The van der Waals surface area contributed by atoms with E-state index < -0.39 is 0 Å². The zero-order chi connectivity index (χ0) is 20.2. The largest absolute Gasteiger partial charge is 0.339 e. The van der Waals surface area contributed by atoms with Gasteiger partial charge < -0.3 is 15.2 Å². The molecule has 2 heterocycles. The smallest absolute Gasteiger partial charge is 0.321 e. The molecule has 0 unspecified atom stereocenters. The quantitative estimate of drug-likeness (QED) is 0.668. The van der Waals surface area contributed by atoms with E-state index in [2.05, 4.69) is 20.8 Å². The van der Waals surface area contributed by atoms with Crippen molar-refractivity contribution in [2.24, 2.45) is 0 Å². The van der Waals surface area contributed by atoms with E-state index in [0.29, 0.717) is 36.1 Å². The van der Waals surface area contributed by atoms with E-state index in [4.69, 9.17) is 4.52 Å². The molecular formula is C20H18FN5O3. The SMILES string of the molecule is O=C(CCc1nc(-c2ccc(F)cc2)no1)Nc1cccc(N2CCNC2=O)c1. The van der Waals surface area contributed by atoms with Gasteiger partial charge in [0.25, 0.3) is 0 Å². The Bertz CT molecular complexity index is 1030. The number of hydrogen-bond donors (Lipinski definition) is 2. The molecule has 3 aromatic rings. The number of benzene rings is 2. The van der Waals surface area contributed by atoms with E-state index in [9.17, 15) is 14.0 Å². The summed E-state index contributed by atoms with van der Waals surface area (Å²) in [6.07, 6.45) is 0.424. The molecule has 0 saturated carbocycles. The molecule has 3 amide bonds. The normalized spacial score (nSPS) is 13.4. The summed E-state index contributed by atoms with van der Waals surface area (Å²) in [4.78, 5) is 29.9. The van der Waals surface area contributed by atoms with Crippen molar-refractivity contribution in [2.75, 3.05) is 23.3 Å². The van der Waals surface area contributed by atoms with Gasteiger partial charge in [-0.05, 0) is 42.5 Å². The van der Waals surface area contributed by atoms with Crippen LogP contribution in [0.25, 0.3) is 11.4 Å². The molecule has 148 valence electrons. The van der Waals surface area contributed by atoms with E-state index in [-0.39, 0.29) is 30.6 Å². The fraction of sp³-hybridized carbons (Fsp3) is 0.200. The molecule has 2 aromatic carbocycles. The summed E-state index contributed by atoms with van der Waals surface area (Å²) in [6.45, 7) is 1.18. The Morgan fingerprint density at radius 3 is 2.83 bits per heavy atom. The van der Waals surface area contributed by atoms with Gasteiger partial charge in [-0.25, -0.2) is 9.18 Å². The van der Waals surface area contributed by atoms with Gasteiger partial charge in [-0.1, -0.05) is 11.2 Å². The lowest BCUT2D eigenvalue weighted by atomic mass is 10.2. The van der Waals surface area contributed by atoms with Crippen molar-refractivity contribution in [1.82, 2.24) is 15.5 Å². The fourth-order valence-electron chi connectivity index (χ4n) is 2.99. The topological polar surface area (TPSA) is 100 Å². The number of hydrogen-bond acceptors (Lipinski definition) is 5. The number of nitrogens with one attached hydrogen (secondary N) is 2. The molecule has 1 aliphatic rings. The van der Waals surface area contributed by atoms with E-state index in [1.807, 2.05) is 6.07 Å². The van der Waals surface area contributed by atoms with Crippen molar-refractivity contribution in [3.05, 3.63) is 60.2 Å². The Morgan fingerprint density at radius 2 is 2.07 bits per heavy atom. The molecule has 0 aliphatic carbocycles. The van der Waals surface area contributed by atoms with Gasteiger partial charge in [-0.15, -0.1) is 0 Å². The summed E-state index contributed by atoms with van der Waals surface area (Å²) in [5, 5.41) is 9.41. The number of urea groups is 1. The number of amides is 3. The van der Waals surface area contributed by atoms with Crippen LogP contribution in [0, 0.1) is 5.82 Å². The second-order valence-electron chi connectivity index (χ2n) is 6.50. The Balaban J connectivity index is 1.34. The molecule has 29 heavy (non-hydrogen) atoms. The van der Waals surface area contributed by atoms with Crippen molar-refractivity contribution in [2.45, 2.75) is 12.8 Å². The van der Waals surface area contributed by atoms with Crippen molar-refractivity contribution >= 4 is 23.3 Å². The molecule has 1 fully saturated rings. The molecular weight excluding hydrogens is 377 g/mol. The molecule has 0 bridgehead atoms. The van der Waals surface area contributed by atoms with E-state index in [0.717, 1.165) is 5.69 Å². The van der Waals surface area contributed by atoms with Crippen LogP contribution in [0.5, 0.6) is 0 Å². The molecule has 1 aromatic heterocycles. The van der Waals surface area contributed by atoms with Crippen molar-refractivity contribution in [3.8, 4) is 11.4 Å². The highest BCUT2D eigenvalue weighted by Gasteiger charge is 2.21. The minimum atomic E-state index is -0.344. The second kappa shape index (κ2) is 8.09. The predicted octanol–water partition coefficient (Wildman–Crippen LogP) is 2.98. The maximum atomic E-state index is 13.0. The van der Waals surface area contributed by atoms with Gasteiger partial charge in [0, 0.05) is 42.9 Å². The van der Waals surface area contributed by atoms with E-state index in [1.54, 1.807) is 35.2 Å². The minimum absolute atomic E-state index is 0.151. The van der Waals surface area contributed by atoms with Gasteiger partial charge in [0.2, 0.25) is 17.6 Å². The summed E-state index contributed by atoms with van der Waals surface area (Å²) in [6, 6.07) is 12.7. The Morgan fingerprint density at radius 1 is 1.24 bits per heavy atom. The summed E-state index contributed by atoms with van der Waals surface area (Å²) < 4.78 is 18.2. The number of carbonyl (C=O) groups is 2. The molecule has 1 saturated heterocycles. The molecule has 4 rings (SSSR count). The average Bonchev–Trinajstić information content (AvgIpc) is 3.36. The number of rotatable bonds is 6. The minimum Gasteiger partial charge on any atom is -0.339 e. The van der Waals surface area contributed by atoms with Crippen LogP contribution in [0.1, 0.15) is 12.3 Å². The van der Waals surface area contributed by atoms with E-state index in [1.165, 1.54) is 12.1 Å². The maximum Gasteiger partial charge on any atom is 0.321 e. The van der Waals surface area contributed by atoms with Crippen molar-refractivity contribution < 1.29 is 18.5 Å². The van der Waals surface area contributed by atoms with Crippen LogP contribution in [0.3, 0.4) is 0 Å². The number of carbonyl (C=O) groups excluding carboxylic acids is 2. The first-order valence-corrected chi connectivity index (χ1v) is 9.12. The first-order chi connectivity index (χ1) is 14.1. The lowest BCUT2D eigenvalue weighted by Crippen LogP contribution is -2.27. The Labute approximate surface area is 165 Å². The van der Waals surface area contributed by atoms with Gasteiger partial charge in [0.1, 0.15) is 5.82 Å². The van der Waals surface area contributed by atoms with Crippen LogP contribution >= 0.6 is 0 Å². The number of aromatic nitrogens is 2. The summed E-state index contributed by atoms with van der Waals surface area (Å²) >= 11 is 0. The second-order valence-corrected chi connectivity index (χ2v) is 6.50. The van der Waals surface area contributed by atoms with Gasteiger partial charge in [-0.3, -0.25) is 9.69 Å². The van der Waals surface area contributed by atoms with Crippen LogP contribution in [0.2, 0.25) is 0 Å². The highest BCUT2D eigenvalue weighted by Crippen LogP contribution is 2.21. The number of halogens is 1. The summed E-state index contributed by atoms with van der Waals surface area (Å²) in [5.74, 6) is 0.108. The number of aryl methyl sites for hydroxylation is 1. The van der Waals surface area contributed by atoms with Crippen LogP contribution in [-0.4, -0.2) is 35.2 Å². The zero-order valence-corrected chi connectivity index (χ0v) is 15.4. The van der Waals surface area contributed by atoms with Crippen molar-refractivity contribution in [3.63, 3.8) is 0 Å². The molecule has 1 aliphatic heterocycles. The first-order valence-electron chi connectivity index (χ1n) is 9.12. The van der Waals surface area contributed by atoms with Gasteiger partial charge in [0.05, 0.1) is 0 Å². The molecule has 0 atom stereocenters. The average molecular weight is 395 g/mol. The third-order valence-corrected chi connectivity index (χ3v) is 4.43. The van der Waals surface area contributed by atoms with E-state index >= 15 is 0 Å². The monoisotopic (exact) mass is 395 g/mol. The van der Waals surface area contributed by atoms with Crippen LogP contribution in [-0.2, 0) is 11.2 Å². The number of anilines is 2. The van der Waals surface area contributed by atoms with Gasteiger partial charge in [0.15, 0.2) is 0 Å². The lowest BCUT2D eigenvalue weighted by Gasteiger charge is -2.15. The van der Waals surface area contributed by atoms with Crippen LogP contribution < -0.4 is 15.5 Å². The molecule has 0 radical (unpaired) electrons. The lowest BCUT2D eigenvalue weighted by molar-refractivity contribution is -0.116. The zero-order valence-electron chi connectivity index (χ0n) is 15.4. The first kappa shape index (κ1) is 18.6. The van der Waals surface area contributed by atoms with Crippen LogP contribution in [0.15, 0.2) is 53.1 Å². The van der Waals surface area contributed by atoms with Crippen LogP contribution in [0.4, 0.5) is 20.6 Å². The number of nitrogens with zero attached hydrogens (tertiary/aromatic N) is 3. The summed E-state index contributed by atoms with van der Waals surface area (Å²) in [5.41, 5.74) is 1.96. The highest BCUT2D eigenvalue weighted by atomic mass is 19.1. The predicted molar refractivity (Wildman–Crippen MR) is 104 cm³/mol. The fourth-order valence-corrected chi connectivity index (χ4v) is 2.99. The Hall–Kier alpha value is -3.75. The van der Waals surface area contributed by atoms with Crippen molar-refractivity contribution in [1.29, 1.82) is 0 Å². The summed E-state index contributed by atoms with van der Waals surface area (Å²) in [7, 11) is 0. The Kier molecular flexibility index (Phi) is 5.19. The molecule has 9 heteroatoms.